The summed E-state index contributed by atoms with van der Waals surface area (Å²) in [6.07, 6.45) is 4.23. The molecule has 17 heavy (non-hydrogen) atoms. The standard InChI is InChI=1S/C13H15ClN2O/c1-9(10-6-7-10)8-15-13(17)16-12-5-3-2-4-11(12)14/h2-5,8,10H,6-7H2,1H3,(H2,15,16,17)/b9-8+. The zero-order valence-electron chi connectivity index (χ0n) is 9.66. The van der Waals surface area contributed by atoms with E-state index >= 15 is 0 Å². The number of benzene rings is 1. The molecule has 0 heterocycles. The molecular formula is C13H15ClN2O. The van der Waals surface area contributed by atoms with Crippen LogP contribution in [0.3, 0.4) is 0 Å². The van der Waals surface area contributed by atoms with Crippen LogP contribution in [0.25, 0.3) is 0 Å². The van der Waals surface area contributed by atoms with Crippen molar-refractivity contribution in [1.82, 2.24) is 5.32 Å². The average Bonchev–Trinajstić information content (AvgIpc) is 3.13. The van der Waals surface area contributed by atoms with Crippen LogP contribution in [0.4, 0.5) is 10.5 Å². The maximum absolute atomic E-state index is 11.6. The van der Waals surface area contributed by atoms with Gasteiger partial charge in [0.2, 0.25) is 0 Å². The van der Waals surface area contributed by atoms with Gasteiger partial charge in [-0.05, 0) is 37.8 Å². The molecule has 1 aliphatic carbocycles. The van der Waals surface area contributed by atoms with Gasteiger partial charge in [0.05, 0.1) is 10.7 Å². The van der Waals surface area contributed by atoms with E-state index in [0.29, 0.717) is 16.6 Å². The minimum absolute atomic E-state index is 0.266. The van der Waals surface area contributed by atoms with E-state index in [1.165, 1.54) is 18.4 Å². The quantitative estimate of drug-likeness (QED) is 0.842. The molecule has 1 aliphatic rings. The number of halogens is 1. The number of hydrogen-bond donors (Lipinski definition) is 2. The number of urea groups is 1. The van der Waals surface area contributed by atoms with Gasteiger partial charge in [-0.3, -0.25) is 0 Å². The van der Waals surface area contributed by atoms with E-state index in [4.69, 9.17) is 11.6 Å². The molecule has 1 fully saturated rings. The highest BCUT2D eigenvalue weighted by atomic mass is 35.5. The molecule has 1 aromatic carbocycles. The molecule has 2 N–H and O–H groups in total. The summed E-state index contributed by atoms with van der Waals surface area (Å²) in [5.74, 6) is 0.663. The first-order valence-corrected chi connectivity index (χ1v) is 6.03. The molecule has 1 saturated carbocycles. The first kappa shape index (κ1) is 12.0. The molecule has 2 amide bonds. The van der Waals surface area contributed by atoms with Crippen LogP contribution in [-0.4, -0.2) is 6.03 Å². The summed E-state index contributed by atoms with van der Waals surface area (Å²) in [7, 11) is 0. The van der Waals surface area contributed by atoms with Crippen LogP contribution in [0.1, 0.15) is 19.8 Å². The number of nitrogens with one attached hydrogen (secondary N) is 2. The molecule has 0 aliphatic heterocycles. The van der Waals surface area contributed by atoms with Gasteiger partial charge in [0.25, 0.3) is 0 Å². The summed E-state index contributed by atoms with van der Waals surface area (Å²) in [4.78, 5) is 11.6. The van der Waals surface area contributed by atoms with Gasteiger partial charge < -0.3 is 10.6 Å². The van der Waals surface area contributed by atoms with Crippen molar-refractivity contribution in [1.29, 1.82) is 0 Å². The number of para-hydroxylation sites is 1. The summed E-state index contributed by atoms with van der Waals surface area (Å²) < 4.78 is 0. The van der Waals surface area contributed by atoms with Crippen LogP contribution in [-0.2, 0) is 0 Å². The number of hydrogen-bond acceptors (Lipinski definition) is 1. The second-order valence-corrected chi connectivity index (χ2v) is 4.65. The molecule has 0 bridgehead atoms. The molecule has 0 aromatic heterocycles. The van der Waals surface area contributed by atoms with Gasteiger partial charge in [-0.1, -0.05) is 29.3 Å². The first-order chi connectivity index (χ1) is 8.16. The van der Waals surface area contributed by atoms with Crippen molar-refractivity contribution in [2.45, 2.75) is 19.8 Å². The Labute approximate surface area is 106 Å². The molecule has 1 aromatic rings. The Morgan fingerprint density at radius 1 is 1.41 bits per heavy atom. The zero-order valence-corrected chi connectivity index (χ0v) is 10.4. The van der Waals surface area contributed by atoms with E-state index in [-0.39, 0.29) is 6.03 Å². The SMILES string of the molecule is C/C(=C\NC(=O)Nc1ccccc1Cl)C1CC1. The van der Waals surface area contributed by atoms with Crippen molar-refractivity contribution in [2.75, 3.05) is 5.32 Å². The molecule has 4 heteroatoms. The lowest BCUT2D eigenvalue weighted by atomic mass is 10.2. The van der Waals surface area contributed by atoms with E-state index < -0.39 is 0 Å². The third kappa shape index (κ3) is 3.49. The van der Waals surface area contributed by atoms with Gasteiger partial charge >= 0.3 is 6.03 Å². The zero-order chi connectivity index (χ0) is 12.3. The number of allylic oxidation sites excluding steroid dienone is 1. The largest absolute Gasteiger partial charge is 0.323 e. The van der Waals surface area contributed by atoms with Gasteiger partial charge in [-0.2, -0.15) is 0 Å². The van der Waals surface area contributed by atoms with Crippen molar-refractivity contribution < 1.29 is 4.79 Å². The minimum atomic E-state index is -0.266. The van der Waals surface area contributed by atoms with Crippen LogP contribution < -0.4 is 10.6 Å². The molecule has 2 rings (SSSR count). The predicted molar refractivity (Wildman–Crippen MR) is 70.1 cm³/mol. The van der Waals surface area contributed by atoms with Gasteiger partial charge in [-0.15, -0.1) is 0 Å². The smallest absolute Gasteiger partial charge is 0.314 e. The molecule has 0 radical (unpaired) electrons. The third-order valence-corrected chi connectivity index (χ3v) is 3.10. The van der Waals surface area contributed by atoms with Crippen molar-refractivity contribution in [2.24, 2.45) is 5.92 Å². The molecule has 3 nitrogen and oxygen atoms in total. The summed E-state index contributed by atoms with van der Waals surface area (Å²) in [6, 6.07) is 6.88. The Balaban J connectivity index is 1.89. The number of amides is 2. The van der Waals surface area contributed by atoms with Crippen molar-refractivity contribution in [3.8, 4) is 0 Å². The number of anilines is 1. The highest BCUT2D eigenvalue weighted by Gasteiger charge is 2.22. The van der Waals surface area contributed by atoms with Gasteiger partial charge in [-0.25, -0.2) is 4.79 Å². The lowest BCUT2D eigenvalue weighted by molar-refractivity contribution is 0.255. The van der Waals surface area contributed by atoms with Crippen LogP contribution in [0.2, 0.25) is 5.02 Å². The Hall–Kier alpha value is -1.48. The Bertz CT molecular complexity index is 452. The van der Waals surface area contributed by atoms with Gasteiger partial charge in [0, 0.05) is 6.20 Å². The van der Waals surface area contributed by atoms with Crippen molar-refractivity contribution in [3.63, 3.8) is 0 Å². The van der Waals surface area contributed by atoms with Crippen LogP contribution in [0.5, 0.6) is 0 Å². The van der Waals surface area contributed by atoms with Crippen LogP contribution >= 0.6 is 11.6 Å². The van der Waals surface area contributed by atoms with Crippen LogP contribution in [0.15, 0.2) is 36.0 Å². The summed E-state index contributed by atoms with van der Waals surface area (Å²) >= 11 is 5.93. The normalized spacial score (nSPS) is 15.5. The number of carbonyl (C=O) groups excluding carboxylic acids is 1. The maximum atomic E-state index is 11.6. The number of rotatable bonds is 3. The lowest BCUT2D eigenvalue weighted by Crippen LogP contribution is -2.24. The Morgan fingerprint density at radius 3 is 2.76 bits per heavy atom. The molecular weight excluding hydrogens is 236 g/mol. The van der Waals surface area contributed by atoms with Gasteiger partial charge in [0.1, 0.15) is 0 Å². The predicted octanol–water partition coefficient (Wildman–Crippen LogP) is 3.78. The second kappa shape index (κ2) is 5.23. The lowest BCUT2D eigenvalue weighted by Gasteiger charge is -2.06. The monoisotopic (exact) mass is 250 g/mol. The average molecular weight is 251 g/mol. The molecule has 0 unspecified atom stereocenters. The summed E-state index contributed by atoms with van der Waals surface area (Å²) in [5.41, 5.74) is 1.84. The fourth-order valence-corrected chi connectivity index (χ4v) is 1.74. The fraction of sp³-hybridized carbons (Fsp3) is 0.308. The minimum Gasteiger partial charge on any atom is -0.314 e. The van der Waals surface area contributed by atoms with E-state index in [9.17, 15) is 4.79 Å². The molecule has 0 saturated heterocycles. The summed E-state index contributed by atoms with van der Waals surface area (Å²) in [6.45, 7) is 2.04. The second-order valence-electron chi connectivity index (χ2n) is 4.24. The topological polar surface area (TPSA) is 41.1 Å². The third-order valence-electron chi connectivity index (χ3n) is 2.77. The van der Waals surface area contributed by atoms with Crippen molar-refractivity contribution >= 4 is 23.3 Å². The number of carbonyl (C=O) groups is 1. The summed E-state index contributed by atoms with van der Waals surface area (Å²) in [5, 5.41) is 5.94. The van der Waals surface area contributed by atoms with E-state index in [2.05, 4.69) is 10.6 Å². The Morgan fingerprint density at radius 2 is 2.12 bits per heavy atom. The van der Waals surface area contributed by atoms with Gasteiger partial charge in [0.15, 0.2) is 0 Å². The molecule has 0 atom stereocenters. The van der Waals surface area contributed by atoms with E-state index in [1.807, 2.05) is 19.1 Å². The van der Waals surface area contributed by atoms with Crippen LogP contribution in [0, 0.1) is 5.92 Å². The maximum Gasteiger partial charge on any atom is 0.323 e. The van der Waals surface area contributed by atoms with E-state index in [1.54, 1.807) is 18.3 Å². The van der Waals surface area contributed by atoms with Crippen molar-refractivity contribution in [3.05, 3.63) is 41.1 Å². The van der Waals surface area contributed by atoms with E-state index in [0.717, 1.165) is 0 Å². The fourth-order valence-electron chi connectivity index (χ4n) is 1.56. The first-order valence-electron chi connectivity index (χ1n) is 5.65. The molecule has 90 valence electrons. The molecule has 0 spiro atoms. The highest BCUT2D eigenvalue weighted by molar-refractivity contribution is 6.33. The highest BCUT2D eigenvalue weighted by Crippen LogP contribution is 2.35. The Kier molecular flexibility index (Phi) is 3.69.